The van der Waals surface area contributed by atoms with Crippen LogP contribution in [0.2, 0.25) is 0 Å². The smallest absolute Gasteiger partial charge is 0.346 e. The summed E-state index contributed by atoms with van der Waals surface area (Å²) in [6, 6.07) is 5.47. The summed E-state index contributed by atoms with van der Waals surface area (Å²) < 4.78 is 25.9. The van der Waals surface area contributed by atoms with Crippen LogP contribution in [0.15, 0.2) is 52.2 Å². The number of unbranched alkanes of at least 4 members (excludes halogenated alkanes) is 1. The summed E-state index contributed by atoms with van der Waals surface area (Å²) in [5.41, 5.74) is 0.0631. The van der Waals surface area contributed by atoms with Gasteiger partial charge in [0.1, 0.15) is 17.0 Å². The van der Waals surface area contributed by atoms with Gasteiger partial charge in [0.05, 0.1) is 6.61 Å². The fraction of sp³-hybridized carbons (Fsp3) is 0.480. The maximum Gasteiger partial charge on any atom is 0.346 e. The lowest BCUT2D eigenvalue weighted by atomic mass is 9.78. The summed E-state index contributed by atoms with van der Waals surface area (Å²) in [5.74, 6) is 0.858. The lowest BCUT2D eigenvalue weighted by Crippen LogP contribution is -2.14. The number of fused-ring (bicyclic) bond motifs is 1. The van der Waals surface area contributed by atoms with Gasteiger partial charge in [0, 0.05) is 13.0 Å². The summed E-state index contributed by atoms with van der Waals surface area (Å²) >= 11 is 0. The van der Waals surface area contributed by atoms with Crippen LogP contribution in [0.1, 0.15) is 62.7 Å². The molecule has 0 amide bonds. The fourth-order valence-corrected chi connectivity index (χ4v) is 4.19. The highest BCUT2D eigenvalue weighted by Crippen LogP contribution is 2.38. The summed E-state index contributed by atoms with van der Waals surface area (Å²) in [6.45, 7) is 6.76. The van der Waals surface area contributed by atoms with E-state index >= 15 is 4.39 Å². The zero-order valence-electron chi connectivity index (χ0n) is 17.3. The quantitative estimate of drug-likeness (QED) is 0.367. The third-order valence-corrected chi connectivity index (χ3v) is 5.80. The molecule has 1 aromatic carbocycles. The van der Waals surface area contributed by atoms with Gasteiger partial charge < -0.3 is 9.15 Å². The Bertz CT molecular complexity index is 904. The van der Waals surface area contributed by atoms with Crippen molar-refractivity contribution >= 4 is 10.8 Å². The molecule has 0 bridgehead atoms. The largest absolute Gasteiger partial charge is 0.427 e. The first kappa shape index (κ1) is 21.5. The molecule has 3 rings (SSSR count). The third kappa shape index (κ3) is 5.45. The van der Waals surface area contributed by atoms with Gasteiger partial charge in [-0.25, -0.2) is 9.18 Å². The van der Waals surface area contributed by atoms with Crippen LogP contribution in [-0.4, -0.2) is 13.2 Å². The molecule has 0 saturated heterocycles. The highest BCUT2D eigenvalue weighted by Gasteiger charge is 2.25. The molecule has 1 saturated carbocycles. The molecule has 0 atom stereocenters. The van der Waals surface area contributed by atoms with Gasteiger partial charge in [0.25, 0.3) is 0 Å². The Balaban J connectivity index is 1.72. The highest BCUT2D eigenvalue weighted by atomic mass is 19.1. The number of hydrogen-bond acceptors (Lipinski definition) is 3. The van der Waals surface area contributed by atoms with E-state index in [0.29, 0.717) is 42.3 Å². The van der Waals surface area contributed by atoms with Gasteiger partial charge in [0.2, 0.25) is 0 Å². The lowest BCUT2D eigenvalue weighted by molar-refractivity contribution is 0.146. The molecule has 0 N–H and O–H groups in total. The Morgan fingerprint density at radius 1 is 1.24 bits per heavy atom. The summed E-state index contributed by atoms with van der Waals surface area (Å²) in [4.78, 5) is 12.4. The average molecular weight is 399 g/mol. The molecule has 0 spiro atoms. The van der Waals surface area contributed by atoms with Crippen molar-refractivity contribution in [3.05, 3.63) is 70.6 Å². The third-order valence-electron chi connectivity index (χ3n) is 5.80. The fourth-order valence-electron chi connectivity index (χ4n) is 4.19. The van der Waals surface area contributed by atoms with Crippen LogP contribution in [0.3, 0.4) is 0 Å². The first-order valence-electron chi connectivity index (χ1n) is 10.7. The molecule has 4 heteroatoms. The molecule has 1 heterocycles. The van der Waals surface area contributed by atoms with Crippen LogP contribution >= 0.6 is 0 Å². The molecule has 0 radical (unpaired) electrons. The Morgan fingerprint density at radius 3 is 2.76 bits per heavy atom. The van der Waals surface area contributed by atoms with E-state index in [0.717, 1.165) is 38.5 Å². The molecule has 1 aliphatic carbocycles. The number of rotatable bonds is 9. The van der Waals surface area contributed by atoms with Crippen LogP contribution in [0, 0.1) is 11.7 Å². The van der Waals surface area contributed by atoms with Crippen molar-refractivity contribution in [2.45, 2.75) is 57.8 Å². The summed E-state index contributed by atoms with van der Waals surface area (Å²) in [7, 11) is 0. The van der Waals surface area contributed by atoms with E-state index in [4.69, 9.17) is 9.15 Å². The molecule has 2 aromatic rings. The van der Waals surface area contributed by atoms with Crippen LogP contribution in [-0.2, 0) is 11.2 Å². The predicted molar refractivity (Wildman–Crippen MR) is 116 cm³/mol. The molecular weight excluding hydrogens is 367 g/mol. The minimum Gasteiger partial charge on any atom is -0.427 e. The van der Waals surface area contributed by atoms with Crippen molar-refractivity contribution in [2.24, 2.45) is 5.92 Å². The summed E-state index contributed by atoms with van der Waals surface area (Å²) in [5, 5.41) is 0.682. The topological polar surface area (TPSA) is 39.4 Å². The zero-order chi connectivity index (χ0) is 20.6. The molecule has 156 valence electrons. The van der Waals surface area contributed by atoms with Crippen molar-refractivity contribution in [1.29, 1.82) is 0 Å². The van der Waals surface area contributed by atoms with E-state index in [9.17, 15) is 4.79 Å². The molecular formula is C25H31FO3. The number of ether oxygens (including phenoxy) is 1. The van der Waals surface area contributed by atoms with Gasteiger partial charge in [-0.2, -0.15) is 0 Å². The molecule has 3 nitrogen and oxygen atoms in total. The van der Waals surface area contributed by atoms with E-state index in [1.54, 1.807) is 6.07 Å². The van der Waals surface area contributed by atoms with E-state index in [1.807, 2.05) is 25.1 Å². The minimum atomic E-state index is -0.591. The number of hydrogen-bond donors (Lipinski definition) is 0. The van der Waals surface area contributed by atoms with Crippen LogP contribution in [0.5, 0.6) is 0 Å². The van der Waals surface area contributed by atoms with Crippen molar-refractivity contribution in [3.8, 4) is 0 Å². The van der Waals surface area contributed by atoms with Crippen molar-refractivity contribution in [3.63, 3.8) is 0 Å². The van der Waals surface area contributed by atoms with E-state index < -0.39 is 11.4 Å². The molecule has 1 aromatic heterocycles. The zero-order valence-corrected chi connectivity index (χ0v) is 17.3. The number of halogens is 1. The highest BCUT2D eigenvalue weighted by molar-refractivity contribution is 5.83. The second-order valence-corrected chi connectivity index (χ2v) is 7.79. The van der Waals surface area contributed by atoms with Crippen LogP contribution in [0.4, 0.5) is 4.39 Å². The van der Waals surface area contributed by atoms with Crippen molar-refractivity contribution in [2.75, 3.05) is 13.2 Å². The second-order valence-electron chi connectivity index (χ2n) is 7.79. The molecule has 29 heavy (non-hydrogen) atoms. The minimum absolute atomic E-state index is 0.0779. The Kier molecular flexibility index (Phi) is 7.82. The first-order valence-corrected chi connectivity index (χ1v) is 10.7. The molecule has 1 aliphatic rings. The predicted octanol–water partition coefficient (Wildman–Crippen LogP) is 6.31. The van der Waals surface area contributed by atoms with Crippen molar-refractivity contribution in [1.82, 2.24) is 0 Å². The van der Waals surface area contributed by atoms with Gasteiger partial charge in [-0.3, -0.25) is 0 Å². The van der Waals surface area contributed by atoms with Crippen LogP contribution in [0.25, 0.3) is 10.8 Å². The van der Waals surface area contributed by atoms with E-state index in [2.05, 4.69) is 18.7 Å². The Labute approximate surface area is 172 Å². The summed E-state index contributed by atoms with van der Waals surface area (Å²) in [6.07, 6.45) is 13.0. The number of benzene rings is 1. The van der Waals surface area contributed by atoms with Crippen molar-refractivity contribution < 1.29 is 13.5 Å². The normalized spacial score (nSPS) is 19.8. The van der Waals surface area contributed by atoms with Gasteiger partial charge in [0.15, 0.2) is 0 Å². The maximum atomic E-state index is 15.2. The lowest BCUT2D eigenvalue weighted by Gasteiger charge is -2.27. The SMILES string of the molecule is C=CCC/C=C/C1CCC(c2ccc3cc(CCOCC)oc(=O)c3c2F)CC1. The van der Waals surface area contributed by atoms with Gasteiger partial charge in [-0.15, -0.1) is 6.58 Å². The Morgan fingerprint density at radius 2 is 2.03 bits per heavy atom. The van der Waals surface area contributed by atoms with E-state index in [1.165, 1.54) is 0 Å². The van der Waals surface area contributed by atoms with Gasteiger partial charge in [-0.05, 0) is 74.3 Å². The van der Waals surface area contributed by atoms with Gasteiger partial charge in [-0.1, -0.05) is 30.4 Å². The molecule has 0 unspecified atom stereocenters. The monoisotopic (exact) mass is 398 g/mol. The first-order chi connectivity index (χ1) is 14.1. The second kappa shape index (κ2) is 10.5. The Hall–Kier alpha value is -2.20. The van der Waals surface area contributed by atoms with Gasteiger partial charge >= 0.3 is 5.63 Å². The standard InChI is InChI=1S/C25H31FO3/c1-3-5-6-7-8-18-9-11-19(12-10-18)22-14-13-20-17-21(15-16-28-4-2)29-25(27)23(20)24(22)26/h3,7-8,13-14,17-19H,1,4-6,9-12,15-16H2,2H3/b8-7+. The molecule has 0 aliphatic heterocycles. The average Bonchev–Trinajstić information content (AvgIpc) is 2.72. The number of allylic oxidation sites excluding steroid dienone is 3. The van der Waals surface area contributed by atoms with E-state index in [-0.39, 0.29) is 11.3 Å². The van der Waals surface area contributed by atoms with Crippen LogP contribution < -0.4 is 5.63 Å². The maximum absolute atomic E-state index is 15.2. The molecule has 1 fully saturated rings.